The summed E-state index contributed by atoms with van der Waals surface area (Å²) in [6.07, 6.45) is 14.2. The minimum Gasteiger partial charge on any atom is -0.0885 e. The minimum atomic E-state index is 0.865. The maximum absolute atomic E-state index is 2.38. The molecule has 0 saturated heterocycles. The third kappa shape index (κ3) is 13.7. The van der Waals surface area contributed by atoms with E-state index < -0.39 is 0 Å². The Hall–Kier alpha value is -0.260. The molecule has 0 spiro atoms. The van der Waals surface area contributed by atoms with Gasteiger partial charge in [0.05, 0.1) is 0 Å². The Kier molecular flexibility index (Phi) is 10.1. The molecule has 0 aromatic carbocycles. The van der Waals surface area contributed by atoms with Crippen LogP contribution >= 0.6 is 0 Å². The van der Waals surface area contributed by atoms with E-state index in [1.165, 1.54) is 44.9 Å². The molecule has 0 amide bonds. The largest absolute Gasteiger partial charge is 0.0885 e. The predicted molar refractivity (Wildman–Crippen MR) is 71.1 cm³/mol. The molecule has 0 atom stereocenters. The fourth-order valence-corrected chi connectivity index (χ4v) is 1.69. The van der Waals surface area contributed by atoms with Crippen LogP contribution in [0.4, 0.5) is 0 Å². The molecule has 0 heterocycles. The zero-order valence-electron chi connectivity index (χ0n) is 11.3. The summed E-state index contributed by atoms with van der Waals surface area (Å²) in [5, 5.41) is 0. The molecule has 0 N–H and O–H groups in total. The number of hydrogen-bond acceptors (Lipinski definition) is 0. The molecule has 0 aromatic heterocycles. The standard InChI is InChI=1S/C15H30/c1-14(2)12-10-8-6-5-7-9-11-13-15(3)4/h5-6,14-15H,7-13H2,1-4H3/b6-5-. The molecular weight excluding hydrogens is 180 g/mol. The van der Waals surface area contributed by atoms with Crippen LogP contribution in [-0.4, -0.2) is 0 Å². The normalized spacial score (nSPS) is 12.1. The molecular formula is C15H30. The molecule has 0 aliphatic heterocycles. The van der Waals surface area contributed by atoms with Crippen molar-refractivity contribution < 1.29 is 0 Å². The highest BCUT2D eigenvalue weighted by molar-refractivity contribution is 4.81. The summed E-state index contributed by atoms with van der Waals surface area (Å²) >= 11 is 0. The fraction of sp³-hybridized carbons (Fsp3) is 0.867. The van der Waals surface area contributed by atoms with Crippen LogP contribution in [-0.2, 0) is 0 Å². The average molecular weight is 210 g/mol. The van der Waals surface area contributed by atoms with Gasteiger partial charge < -0.3 is 0 Å². The first kappa shape index (κ1) is 14.7. The second-order valence-electron chi connectivity index (χ2n) is 5.47. The van der Waals surface area contributed by atoms with Gasteiger partial charge in [0.1, 0.15) is 0 Å². The first-order chi connectivity index (χ1) is 7.13. The number of unbranched alkanes of at least 4 members (excludes halogenated alkanes) is 3. The highest BCUT2D eigenvalue weighted by Gasteiger charge is 1.93. The van der Waals surface area contributed by atoms with Gasteiger partial charge in [-0.2, -0.15) is 0 Å². The zero-order chi connectivity index (χ0) is 11.5. The van der Waals surface area contributed by atoms with Crippen LogP contribution in [0.25, 0.3) is 0 Å². The lowest BCUT2D eigenvalue weighted by molar-refractivity contribution is 0.539. The smallest absolute Gasteiger partial charge is 0.0351 e. The molecule has 0 radical (unpaired) electrons. The van der Waals surface area contributed by atoms with Gasteiger partial charge >= 0.3 is 0 Å². The number of allylic oxidation sites excluding steroid dienone is 2. The van der Waals surface area contributed by atoms with Crippen molar-refractivity contribution in [2.24, 2.45) is 11.8 Å². The van der Waals surface area contributed by atoms with Gasteiger partial charge in [-0.25, -0.2) is 0 Å². The zero-order valence-corrected chi connectivity index (χ0v) is 11.3. The van der Waals surface area contributed by atoms with E-state index in [4.69, 9.17) is 0 Å². The third-order valence-electron chi connectivity index (χ3n) is 2.72. The Morgan fingerprint density at radius 1 is 0.667 bits per heavy atom. The SMILES string of the molecule is CC(C)CCC/C=C\CCCCC(C)C. The molecule has 90 valence electrons. The Morgan fingerprint density at radius 3 is 1.67 bits per heavy atom. The summed E-state index contributed by atoms with van der Waals surface area (Å²) in [5.41, 5.74) is 0. The first-order valence-corrected chi connectivity index (χ1v) is 6.78. The van der Waals surface area contributed by atoms with E-state index in [-0.39, 0.29) is 0 Å². The van der Waals surface area contributed by atoms with Gasteiger partial charge in [0.25, 0.3) is 0 Å². The van der Waals surface area contributed by atoms with Crippen molar-refractivity contribution in [2.75, 3.05) is 0 Å². The van der Waals surface area contributed by atoms with E-state index in [2.05, 4.69) is 39.8 Å². The van der Waals surface area contributed by atoms with E-state index in [1.54, 1.807) is 0 Å². The monoisotopic (exact) mass is 210 g/mol. The molecule has 0 aliphatic carbocycles. The molecule has 0 heteroatoms. The summed E-state index contributed by atoms with van der Waals surface area (Å²) < 4.78 is 0. The Balaban J connectivity index is 3.11. The van der Waals surface area contributed by atoms with Gasteiger partial charge in [0, 0.05) is 0 Å². The average Bonchev–Trinajstić information content (AvgIpc) is 2.14. The molecule has 0 unspecified atom stereocenters. The quantitative estimate of drug-likeness (QED) is 0.344. The lowest BCUT2D eigenvalue weighted by Crippen LogP contribution is -1.86. The summed E-state index contributed by atoms with van der Waals surface area (Å²) in [7, 11) is 0. The molecule has 0 fully saturated rings. The molecule has 15 heavy (non-hydrogen) atoms. The highest BCUT2D eigenvalue weighted by atomic mass is 14.0. The topological polar surface area (TPSA) is 0 Å². The van der Waals surface area contributed by atoms with Gasteiger partial charge in [0.2, 0.25) is 0 Å². The van der Waals surface area contributed by atoms with Gasteiger partial charge in [0.15, 0.2) is 0 Å². The Labute approximate surface area is 97.2 Å². The molecule has 0 bridgehead atoms. The van der Waals surface area contributed by atoms with Crippen LogP contribution < -0.4 is 0 Å². The number of rotatable bonds is 9. The van der Waals surface area contributed by atoms with E-state index in [0.29, 0.717) is 0 Å². The lowest BCUT2D eigenvalue weighted by Gasteiger charge is -2.02. The van der Waals surface area contributed by atoms with E-state index in [0.717, 1.165) is 11.8 Å². The summed E-state index contributed by atoms with van der Waals surface area (Å²) in [5.74, 6) is 1.74. The van der Waals surface area contributed by atoms with Crippen molar-refractivity contribution >= 4 is 0 Å². The Bertz CT molecular complexity index is 142. The van der Waals surface area contributed by atoms with Gasteiger partial charge in [-0.15, -0.1) is 0 Å². The van der Waals surface area contributed by atoms with Crippen LogP contribution in [0.1, 0.15) is 72.6 Å². The second-order valence-corrected chi connectivity index (χ2v) is 5.47. The van der Waals surface area contributed by atoms with Crippen molar-refractivity contribution in [3.63, 3.8) is 0 Å². The molecule has 0 rings (SSSR count). The molecule has 0 nitrogen and oxygen atoms in total. The van der Waals surface area contributed by atoms with E-state index in [9.17, 15) is 0 Å². The van der Waals surface area contributed by atoms with Crippen molar-refractivity contribution in [2.45, 2.75) is 72.6 Å². The van der Waals surface area contributed by atoms with Crippen LogP contribution in [0.2, 0.25) is 0 Å². The summed E-state index contributed by atoms with van der Waals surface area (Å²) in [4.78, 5) is 0. The third-order valence-corrected chi connectivity index (χ3v) is 2.72. The van der Waals surface area contributed by atoms with Crippen LogP contribution in [0.3, 0.4) is 0 Å². The van der Waals surface area contributed by atoms with E-state index in [1.807, 2.05) is 0 Å². The second kappa shape index (κ2) is 10.3. The molecule has 0 aromatic rings. The van der Waals surface area contributed by atoms with Crippen molar-refractivity contribution in [3.8, 4) is 0 Å². The van der Waals surface area contributed by atoms with Crippen LogP contribution in [0.5, 0.6) is 0 Å². The maximum atomic E-state index is 2.38. The first-order valence-electron chi connectivity index (χ1n) is 6.78. The van der Waals surface area contributed by atoms with Crippen LogP contribution in [0.15, 0.2) is 12.2 Å². The summed E-state index contributed by atoms with van der Waals surface area (Å²) in [6, 6.07) is 0. The van der Waals surface area contributed by atoms with Crippen molar-refractivity contribution in [1.29, 1.82) is 0 Å². The predicted octanol–water partition coefficient (Wildman–Crippen LogP) is 5.59. The lowest BCUT2D eigenvalue weighted by atomic mass is 10.0. The highest BCUT2D eigenvalue weighted by Crippen LogP contribution is 2.09. The fourth-order valence-electron chi connectivity index (χ4n) is 1.69. The van der Waals surface area contributed by atoms with Crippen molar-refractivity contribution in [3.05, 3.63) is 12.2 Å². The van der Waals surface area contributed by atoms with Gasteiger partial charge in [-0.1, -0.05) is 59.1 Å². The number of hydrogen-bond donors (Lipinski definition) is 0. The van der Waals surface area contributed by atoms with Crippen molar-refractivity contribution in [1.82, 2.24) is 0 Å². The molecule has 0 saturated carbocycles. The Morgan fingerprint density at radius 2 is 1.13 bits per heavy atom. The van der Waals surface area contributed by atoms with E-state index >= 15 is 0 Å². The van der Waals surface area contributed by atoms with Crippen LogP contribution in [0, 0.1) is 11.8 Å². The van der Waals surface area contributed by atoms with Gasteiger partial charge in [-0.3, -0.25) is 0 Å². The maximum Gasteiger partial charge on any atom is -0.0351 e. The molecule has 0 aliphatic rings. The summed E-state index contributed by atoms with van der Waals surface area (Å²) in [6.45, 7) is 9.22. The van der Waals surface area contributed by atoms with Gasteiger partial charge in [-0.05, 0) is 37.5 Å². The minimum absolute atomic E-state index is 0.865.